The number of hydrogen-bond donors (Lipinski definition) is 0. The van der Waals surface area contributed by atoms with Crippen molar-refractivity contribution in [1.82, 2.24) is 4.98 Å². The van der Waals surface area contributed by atoms with Crippen LogP contribution in [0.5, 0.6) is 5.75 Å². The Hall–Kier alpha value is -2.85. The molecule has 0 spiro atoms. The van der Waals surface area contributed by atoms with E-state index in [1.165, 1.54) is 6.08 Å². The van der Waals surface area contributed by atoms with E-state index in [0.29, 0.717) is 16.5 Å². The molecule has 0 N–H and O–H groups in total. The van der Waals surface area contributed by atoms with Gasteiger partial charge in [-0.05, 0) is 30.3 Å². The molecule has 1 aromatic heterocycles. The SMILES string of the molecule is O=C(/C=C/c1ccc2ccccc2n1)OCCOc1ccccc1Cl. The van der Waals surface area contributed by atoms with Gasteiger partial charge in [-0.2, -0.15) is 0 Å². The van der Waals surface area contributed by atoms with E-state index in [9.17, 15) is 4.79 Å². The van der Waals surface area contributed by atoms with Gasteiger partial charge in [0.1, 0.15) is 19.0 Å². The van der Waals surface area contributed by atoms with Crippen molar-refractivity contribution in [3.8, 4) is 5.75 Å². The number of carbonyl (C=O) groups excluding carboxylic acids is 1. The van der Waals surface area contributed by atoms with Crippen LogP contribution in [-0.2, 0) is 9.53 Å². The second-order valence-electron chi connectivity index (χ2n) is 5.21. The van der Waals surface area contributed by atoms with Gasteiger partial charge in [-0.25, -0.2) is 9.78 Å². The molecule has 0 amide bonds. The van der Waals surface area contributed by atoms with E-state index >= 15 is 0 Å². The molecule has 0 atom stereocenters. The lowest BCUT2D eigenvalue weighted by atomic mass is 10.2. The Morgan fingerprint density at radius 1 is 1.00 bits per heavy atom. The molecule has 0 radical (unpaired) electrons. The third-order valence-electron chi connectivity index (χ3n) is 3.43. The van der Waals surface area contributed by atoms with E-state index in [1.807, 2.05) is 48.5 Å². The Morgan fingerprint density at radius 2 is 1.80 bits per heavy atom. The molecule has 0 fully saturated rings. The number of pyridine rings is 1. The molecule has 0 unspecified atom stereocenters. The normalized spacial score (nSPS) is 10.9. The summed E-state index contributed by atoms with van der Waals surface area (Å²) in [5, 5.41) is 1.58. The van der Waals surface area contributed by atoms with E-state index in [4.69, 9.17) is 21.1 Å². The summed E-state index contributed by atoms with van der Waals surface area (Å²) < 4.78 is 10.5. The van der Waals surface area contributed by atoms with Gasteiger partial charge in [0.2, 0.25) is 0 Å². The predicted molar refractivity (Wildman–Crippen MR) is 98.7 cm³/mol. The highest BCUT2D eigenvalue weighted by Gasteiger charge is 2.02. The van der Waals surface area contributed by atoms with Crippen molar-refractivity contribution in [1.29, 1.82) is 0 Å². The fraction of sp³-hybridized carbons (Fsp3) is 0.100. The number of esters is 1. The van der Waals surface area contributed by atoms with Crippen LogP contribution in [0, 0.1) is 0 Å². The van der Waals surface area contributed by atoms with Crippen molar-refractivity contribution < 1.29 is 14.3 Å². The van der Waals surface area contributed by atoms with Gasteiger partial charge < -0.3 is 9.47 Å². The van der Waals surface area contributed by atoms with E-state index in [-0.39, 0.29) is 13.2 Å². The number of halogens is 1. The van der Waals surface area contributed by atoms with Crippen molar-refractivity contribution in [3.05, 3.63) is 77.5 Å². The molecule has 2 aromatic carbocycles. The Balaban J connectivity index is 1.48. The van der Waals surface area contributed by atoms with Gasteiger partial charge >= 0.3 is 5.97 Å². The number of rotatable bonds is 6. The average molecular weight is 354 g/mol. The topological polar surface area (TPSA) is 48.4 Å². The molecule has 25 heavy (non-hydrogen) atoms. The summed E-state index contributed by atoms with van der Waals surface area (Å²) in [6, 6.07) is 18.8. The summed E-state index contributed by atoms with van der Waals surface area (Å²) >= 11 is 5.97. The number of para-hydroxylation sites is 2. The van der Waals surface area contributed by atoms with Crippen LogP contribution in [-0.4, -0.2) is 24.2 Å². The van der Waals surface area contributed by atoms with Gasteiger partial charge in [0.25, 0.3) is 0 Å². The van der Waals surface area contributed by atoms with Gasteiger partial charge in [0.15, 0.2) is 0 Å². The number of ether oxygens (including phenoxy) is 2. The van der Waals surface area contributed by atoms with E-state index in [0.717, 1.165) is 10.9 Å². The van der Waals surface area contributed by atoms with Crippen LogP contribution in [0.3, 0.4) is 0 Å². The number of benzene rings is 2. The standard InChI is InChI=1S/C20H16ClNO3/c21-17-6-2-4-8-19(17)24-13-14-25-20(23)12-11-16-10-9-15-5-1-3-7-18(15)22-16/h1-12H,13-14H2/b12-11+. The minimum absolute atomic E-state index is 0.138. The Morgan fingerprint density at radius 3 is 2.68 bits per heavy atom. The zero-order chi connectivity index (χ0) is 17.5. The number of hydrogen-bond acceptors (Lipinski definition) is 4. The van der Waals surface area contributed by atoms with Crippen LogP contribution in [0.25, 0.3) is 17.0 Å². The lowest BCUT2D eigenvalue weighted by Gasteiger charge is -2.07. The first kappa shape index (κ1) is 17.0. The summed E-state index contributed by atoms with van der Waals surface area (Å²) in [6.07, 6.45) is 2.98. The highest BCUT2D eigenvalue weighted by atomic mass is 35.5. The Labute approximate surface area is 150 Å². The molecule has 0 saturated heterocycles. The second-order valence-corrected chi connectivity index (χ2v) is 5.62. The Bertz CT molecular complexity index is 908. The van der Waals surface area contributed by atoms with Crippen molar-refractivity contribution in [2.45, 2.75) is 0 Å². The fourth-order valence-corrected chi connectivity index (χ4v) is 2.42. The van der Waals surface area contributed by atoms with E-state index in [1.54, 1.807) is 18.2 Å². The third kappa shape index (κ3) is 4.81. The molecule has 5 heteroatoms. The lowest BCUT2D eigenvalue weighted by molar-refractivity contribution is -0.138. The summed E-state index contributed by atoms with van der Waals surface area (Å²) in [7, 11) is 0. The molecule has 1 heterocycles. The van der Waals surface area contributed by atoms with E-state index in [2.05, 4.69) is 4.98 Å². The summed E-state index contributed by atoms with van der Waals surface area (Å²) in [5.74, 6) is 0.119. The molecule has 126 valence electrons. The lowest BCUT2D eigenvalue weighted by Crippen LogP contribution is -2.10. The predicted octanol–water partition coefficient (Wildman–Crippen LogP) is 4.52. The molecule has 0 aliphatic carbocycles. The highest BCUT2D eigenvalue weighted by Crippen LogP contribution is 2.22. The third-order valence-corrected chi connectivity index (χ3v) is 3.74. The van der Waals surface area contributed by atoms with Crippen molar-refractivity contribution in [2.24, 2.45) is 0 Å². The molecule has 0 aliphatic rings. The van der Waals surface area contributed by atoms with Gasteiger partial charge in [-0.3, -0.25) is 0 Å². The largest absolute Gasteiger partial charge is 0.488 e. The van der Waals surface area contributed by atoms with Crippen LogP contribution in [0.1, 0.15) is 5.69 Å². The maximum atomic E-state index is 11.7. The van der Waals surface area contributed by atoms with E-state index < -0.39 is 5.97 Å². The molecule has 0 aliphatic heterocycles. The molecule has 0 bridgehead atoms. The minimum atomic E-state index is -0.447. The molecular formula is C20H16ClNO3. The van der Waals surface area contributed by atoms with Gasteiger partial charge in [-0.1, -0.05) is 48.0 Å². The molecular weight excluding hydrogens is 338 g/mol. The first-order chi connectivity index (χ1) is 12.2. The van der Waals surface area contributed by atoms with Gasteiger partial charge in [0.05, 0.1) is 16.2 Å². The van der Waals surface area contributed by atoms with Gasteiger partial charge in [0, 0.05) is 11.5 Å². The Kier molecular flexibility index (Phi) is 5.65. The van der Waals surface area contributed by atoms with Crippen LogP contribution in [0.2, 0.25) is 5.02 Å². The van der Waals surface area contributed by atoms with Crippen molar-refractivity contribution in [3.63, 3.8) is 0 Å². The number of aromatic nitrogens is 1. The second kappa shape index (κ2) is 8.31. The zero-order valence-corrected chi connectivity index (χ0v) is 14.1. The number of fused-ring (bicyclic) bond motifs is 1. The summed E-state index contributed by atoms with van der Waals surface area (Å²) in [4.78, 5) is 16.2. The first-order valence-electron chi connectivity index (χ1n) is 7.80. The van der Waals surface area contributed by atoms with Crippen molar-refractivity contribution >= 4 is 34.5 Å². The highest BCUT2D eigenvalue weighted by molar-refractivity contribution is 6.32. The summed E-state index contributed by atoms with van der Waals surface area (Å²) in [6.45, 7) is 0.372. The molecule has 4 nitrogen and oxygen atoms in total. The van der Waals surface area contributed by atoms with Crippen LogP contribution >= 0.6 is 11.6 Å². The van der Waals surface area contributed by atoms with Gasteiger partial charge in [-0.15, -0.1) is 0 Å². The van der Waals surface area contributed by atoms with Crippen molar-refractivity contribution in [2.75, 3.05) is 13.2 Å². The number of carbonyl (C=O) groups is 1. The summed E-state index contributed by atoms with van der Waals surface area (Å²) in [5.41, 5.74) is 1.58. The quantitative estimate of drug-likeness (QED) is 0.371. The average Bonchev–Trinajstić information content (AvgIpc) is 2.64. The fourth-order valence-electron chi connectivity index (χ4n) is 2.23. The maximum Gasteiger partial charge on any atom is 0.330 e. The smallest absolute Gasteiger partial charge is 0.330 e. The number of nitrogens with zero attached hydrogens (tertiary/aromatic N) is 1. The van der Waals surface area contributed by atoms with Crippen LogP contribution in [0.15, 0.2) is 66.7 Å². The zero-order valence-electron chi connectivity index (χ0n) is 13.4. The minimum Gasteiger partial charge on any atom is -0.488 e. The molecule has 0 saturated carbocycles. The van der Waals surface area contributed by atoms with Crippen LogP contribution < -0.4 is 4.74 Å². The monoisotopic (exact) mass is 353 g/mol. The molecule has 3 aromatic rings. The first-order valence-corrected chi connectivity index (χ1v) is 8.18. The maximum absolute atomic E-state index is 11.7. The molecule has 3 rings (SSSR count). The van der Waals surface area contributed by atoms with Crippen LogP contribution in [0.4, 0.5) is 0 Å².